The summed E-state index contributed by atoms with van der Waals surface area (Å²) in [6, 6.07) is 0. The lowest BCUT2D eigenvalue weighted by molar-refractivity contribution is -0.150. The van der Waals surface area contributed by atoms with Crippen LogP contribution in [0.25, 0.3) is 0 Å². The van der Waals surface area contributed by atoms with Crippen molar-refractivity contribution in [3.63, 3.8) is 0 Å². The van der Waals surface area contributed by atoms with Gasteiger partial charge in [0.2, 0.25) is 0 Å². The molecule has 0 N–H and O–H groups in total. The van der Waals surface area contributed by atoms with Crippen molar-refractivity contribution >= 4 is 0 Å². The molecule has 0 bridgehead atoms. The zero-order valence-electron chi connectivity index (χ0n) is 7.78. The second-order valence-electron chi connectivity index (χ2n) is 3.93. The van der Waals surface area contributed by atoms with Crippen molar-refractivity contribution in [3.8, 4) is 0 Å². The van der Waals surface area contributed by atoms with Crippen LogP contribution in [0.3, 0.4) is 0 Å². The maximum atomic E-state index is 12.1. The van der Waals surface area contributed by atoms with Crippen molar-refractivity contribution < 1.29 is 13.2 Å². The molecule has 0 aromatic heterocycles. The van der Waals surface area contributed by atoms with Crippen LogP contribution in [-0.2, 0) is 0 Å². The molecule has 3 heteroatoms. The van der Waals surface area contributed by atoms with Crippen molar-refractivity contribution in [1.29, 1.82) is 0 Å². The molecule has 1 unspecified atom stereocenters. The summed E-state index contributed by atoms with van der Waals surface area (Å²) in [6.45, 7) is 3.53. The Morgan fingerprint density at radius 3 is 2.46 bits per heavy atom. The van der Waals surface area contributed by atoms with Gasteiger partial charge >= 0.3 is 6.18 Å². The summed E-state index contributed by atoms with van der Waals surface area (Å²) in [7, 11) is 0. The van der Waals surface area contributed by atoms with Crippen LogP contribution in [0.5, 0.6) is 0 Å². The number of hydrogen-bond acceptors (Lipinski definition) is 0. The van der Waals surface area contributed by atoms with Crippen molar-refractivity contribution in [2.75, 3.05) is 0 Å². The zero-order chi connectivity index (χ0) is 10.1. The summed E-state index contributed by atoms with van der Waals surface area (Å²) in [6.07, 6.45) is 0.949. The summed E-state index contributed by atoms with van der Waals surface area (Å²) >= 11 is 0. The highest BCUT2D eigenvalue weighted by Crippen LogP contribution is 2.39. The SMILES string of the molecule is CC1=CCC(C)(CC(F)(F)F)C=C1. The third-order valence-corrected chi connectivity index (χ3v) is 2.24. The topological polar surface area (TPSA) is 0 Å². The molecule has 0 saturated carbocycles. The molecule has 13 heavy (non-hydrogen) atoms. The number of allylic oxidation sites excluding steroid dienone is 4. The fourth-order valence-electron chi connectivity index (χ4n) is 1.45. The molecule has 1 atom stereocenters. The summed E-state index contributed by atoms with van der Waals surface area (Å²) in [4.78, 5) is 0. The van der Waals surface area contributed by atoms with Crippen LogP contribution in [0.2, 0.25) is 0 Å². The maximum absolute atomic E-state index is 12.1. The molecule has 1 aliphatic rings. The monoisotopic (exact) mass is 190 g/mol. The van der Waals surface area contributed by atoms with E-state index in [1.54, 1.807) is 19.1 Å². The Morgan fingerprint density at radius 2 is 2.08 bits per heavy atom. The Morgan fingerprint density at radius 1 is 1.46 bits per heavy atom. The van der Waals surface area contributed by atoms with Gasteiger partial charge < -0.3 is 0 Å². The quantitative estimate of drug-likeness (QED) is 0.589. The van der Waals surface area contributed by atoms with E-state index in [1.807, 2.05) is 13.0 Å². The van der Waals surface area contributed by atoms with Crippen LogP contribution in [0.1, 0.15) is 26.7 Å². The highest BCUT2D eigenvalue weighted by Gasteiger charge is 2.37. The van der Waals surface area contributed by atoms with Gasteiger partial charge in [0.15, 0.2) is 0 Å². The van der Waals surface area contributed by atoms with E-state index in [2.05, 4.69) is 0 Å². The van der Waals surface area contributed by atoms with E-state index in [0.717, 1.165) is 5.57 Å². The van der Waals surface area contributed by atoms with Crippen LogP contribution in [-0.4, -0.2) is 6.18 Å². The van der Waals surface area contributed by atoms with Gasteiger partial charge in [-0.25, -0.2) is 0 Å². The van der Waals surface area contributed by atoms with Gasteiger partial charge in [0.25, 0.3) is 0 Å². The fourth-order valence-corrected chi connectivity index (χ4v) is 1.45. The smallest absolute Gasteiger partial charge is 0.171 e. The number of alkyl halides is 3. The minimum Gasteiger partial charge on any atom is -0.171 e. The minimum absolute atomic E-state index is 0.481. The minimum atomic E-state index is -4.07. The van der Waals surface area contributed by atoms with Crippen LogP contribution in [0.15, 0.2) is 23.8 Å². The molecule has 0 amide bonds. The van der Waals surface area contributed by atoms with Crippen molar-refractivity contribution in [3.05, 3.63) is 23.8 Å². The van der Waals surface area contributed by atoms with Gasteiger partial charge in [0, 0.05) is 0 Å². The van der Waals surface area contributed by atoms with Gasteiger partial charge in [0.1, 0.15) is 0 Å². The Labute approximate surface area is 76.1 Å². The molecule has 0 aromatic carbocycles. The second kappa shape index (κ2) is 3.20. The maximum Gasteiger partial charge on any atom is 0.389 e. The molecule has 74 valence electrons. The standard InChI is InChI=1S/C10H13F3/c1-8-3-5-9(2,6-4-8)7-10(11,12)13/h3-5H,6-7H2,1-2H3. The predicted molar refractivity (Wildman–Crippen MR) is 46.3 cm³/mol. The fraction of sp³-hybridized carbons (Fsp3) is 0.600. The van der Waals surface area contributed by atoms with E-state index in [9.17, 15) is 13.2 Å². The lowest BCUT2D eigenvalue weighted by atomic mass is 9.79. The Kier molecular flexibility index (Phi) is 2.55. The van der Waals surface area contributed by atoms with Crippen molar-refractivity contribution in [2.24, 2.45) is 5.41 Å². The molecule has 0 radical (unpaired) electrons. The Hall–Kier alpha value is -0.730. The van der Waals surface area contributed by atoms with Gasteiger partial charge in [0.05, 0.1) is 6.42 Å². The van der Waals surface area contributed by atoms with E-state index in [-0.39, 0.29) is 0 Å². The molecule has 1 aliphatic carbocycles. The molecule has 0 aromatic rings. The molecule has 0 fully saturated rings. The predicted octanol–water partition coefficient (Wildman–Crippen LogP) is 3.85. The molecule has 0 aliphatic heterocycles. The first-order chi connectivity index (χ1) is 5.81. The molecule has 0 heterocycles. The second-order valence-corrected chi connectivity index (χ2v) is 3.93. The molecule has 0 spiro atoms. The summed E-state index contributed by atoms with van der Waals surface area (Å²) < 4.78 is 36.4. The largest absolute Gasteiger partial charge is 0.389 e. The van der Waals surface area contributed by atoms with Crippen LogP contribution in [0, 0.1) is 5.41 Å². The normalized spacial score (nSPS) is 28.8. The van der Waals surface area contributed by atoms with Gasteiger partial charge in [-0.1, -0.05) is 30.7 Å². The zero-order valence-corrected chi connectivity index (χ0v) is 7.78. The molecule has 0 saturated heterocycles. The van der Waals surface area contributed by atoms with E-state index in [4.69, 9.17) is 0 Å². The van der Waals surface area contributed by atoms with Gasteiger partial charge in [-0.05, 0) is 18.8 Å². The first-order valence-electron chi connectivity index (χ1n) is 4.24. The molecular weight excluding hydrogens is 177 g/mol. The Balaban J connectivity index is 2.66. The van der Waals surface area contributed by atoms with Crippen LogP contribution >= 0.6 is 0 Å². The first-order valence-corrected chi connectivity index (χ1v) is 4.24. The van der Waals surface area contributed by atoms with Crippen molar-refractivity contribution in [2.45, 2.75) is 32.9 Å². The van der Waals surface area contributed by atoms with E-state index < -0.39 is 18.0 Å². The first kappa shape index (κ1) is 10.4. The third-order valence-electron chi connectivity index (χ3n) is 2.24. The van der Waals surface area contributed by atoms with Crippen LogP contribution in [0.4, 0.5) is 13.2 Å². The highest BCUT2D eigenvalue weighted by atomic mass is 19.4. The average Bonchev–Trinajstić information content (AvgIpc) is 1.92. The summed E-state index contributed by atoms with van der Waals surface area (Å²) in [5.41, 5.74) is 0.303. The van der Waals surface area contributed by atoms with Gasteiger partial charge in [-0.3, -0.25) is 0 Å². The van der Waals surface area contributed by atoms with Gasteiger partial charge in [-0.15, -0.1) is 0 Å². The van der Waals surface area contributed by atoms with Gasteiger partial charge in [-0.2, -0.15) is 13.2 Å². The Bertz CT molecular complexity index is 247. The molecule has 1 rings (SSSR count). The average molecular weight is 190 g/mol. The molecule has 0 nitrogen and oxygen atoms in total. The van der Waals surface area contributed by atoms with Crippen molar-refractivity contribution in [1.82, 2.24) is 0 Å². The number of halogens is 3. The van der Waals surface area contributed by atoms with E-state index >= 15 is 0 Å². The highest BCUT2D eigenvalue weighted by molar-refractivity contribution is 5.24. The molecular formula is C10H13F3. The lowest BCUT2D eigenvalue weighted by Crippen LogP contribution is -2.24. The summed E-state index contributed by atoms with van der Waals surface area (Å²) in [5, 5.41) is 0. The van der Waals surface area contributed by atoms with E-state index in [1.165, 1.54) is 0 Å². The lowest BCUT2D eigenvalue weighted by Gasteiger charge is -2.28. The van der Waals surface area contributed by atoms with Crippen LogP contribution < -0.4 is 0 Å². The number of rotatable bonds is 1. The van der Waals surface area contributed by atoms with E-state index in [0.29, 0.717) is 6.42 Å². The third kappa shape index (κ3) is 3.25. The summed E-state index contributed by atoms with van der Waals surface area (Å²) in [5.74, 6) is 0. The number of hydrogen-bond donors (Lipinski definition) is 0.